The van der Waals surface area contributed by atoms with Crippen LogP contribution in [-0.4, -0.2) is 11.7 Å². The minimum atomic E-state index is -0.957. The lowest BCUT2D eigenvalue weighted by Crippen LogP contribution is -2.03. The standard InChI is InChI=1S/C10H12F2O2/c1-3-14-10-8(6(2)13)4-7(11)5-9(10)12/h4-6,13H,3H2,1-2H3/t6-/m1/s1. The third kappa shape index (κ3) is 2.20. The average molecular weight is 202 g/mol. The minimum absolute atomic E-state index is 0.0797. The summed E-state index contributed by atoms with van der Waals surface area (Å²) >= 11 is 0. The molecule has 0 saturated carbocycles. The van der Waals surface area contributed by atoms with Crippen LogP contribution in [0.2, 0.25) is 0 Å². The van der Waals surface area contributed by atoms with Crippen molar-refractivity contribution >= 4 is 0 Å². The fraction of sp³-hybridized carbons (Fsp3) is 0.400. The van der Waals surface area contributed by atoms with E-state index in [9.17, 15) is 13.9 Å². The maximum Gasteiger partial charge on any atom is 0.168 e. The van der Waals surface area contributed by atoms with Crippen molar-refractivity contribution in [2.75, 3.05) is 6.61 Å². The fourth-order valence-corrected chi connectivity index (χ4v) is 1.19. The number of aliphatic hydroxyl groups excluding tert-OH is 1. The van der Waals surface area contributed by atoms with Crippen molar-refractivity contribution < 1.29 is 18.6 Å². The van der Waals surface area contributed by atoms with Crippen LogP contribution in [0.3, 0.4) is 0 Å². The van der Waals surface area contributed by atoms with Gasteiger partial charge >= 0.3 is 0 Å². The van der Waals surface area contributed by atoms with Gasteiger partial charge in [-0.05, 0) is 19.9 Å². The first-order valence-electron chi connectivity index (χ1n) is 4.36. The molecule has 0 aliphatic rings. The van der Waals surface area contributed by atoms with Gasteiger partial charge in [0.2, 0.25) is 0 Å². The van der Waals surface area contributed by atoms with Crippen LogP contribution in [0.1, 0.15) is 25.5 Å². The van der Waals surface area contributed by atoms with Gasteiger partial charge in [-0.2, -0.15) is 0 Å². The molecule has 0 fully saturated rings. The van der Waals surface area contributed by atoms with Crippen LogP contribution >= 0.6 is 0 Å². The molecule has 1 rings (SSSR count). The number of aliphatic hydroxyl groups is 1. The molecule has 1 aromatic carbocycles. The highest BCUT2D eigenvalue weighted by molar-refractivity contribution is 5.37. The average Bonchev–Trinajstić information content (AvgIpc) is 2.09. The van der Waals surface area contributed by atoms with Gasteiger partial charge in [-0.1, -0.05) is 0 Å². The molecule has 0 saturated heterocycles. The van der Waals surface area contributed by atoms with E-state index in [0.29, 0.717) is 0 Å². The van der Waals surface area contributed by atoms with E-state index in [2.05, 4.69) is 0 Å². The molecule has 78 valence electrons. The van der Waals surface area contributed by atoms with Gasteiger partial charge in [-0.25, -0.2) is 8.78 Å². The van der Waals surface area contributed by atoms with E-state index in [1.54, 1.807) is 6.92 Å². The van der Waals surface area contributed by atoms with Crippen LogP contribution in [0.5, 0.6) is 5.75 Å². The lowest BCUT2D eigenvalue weighted by molar-refractivity contribution is 0.189. The second-order valence-electron chi connectivity index (χ2n) is 2.91. The first-order valence-corrected chi connectivity index (χ1v) is 4.36. The number of benzene rings is 1. The van der Waals surface area contributed by atoms with Gasteiger partial charge in [0.25, 0.3) is 0 Å². The summed E-state index contributed by atoms with van der Waals surface area (Å²) in [4.78, 5) is 0. The Bertz CT molecular complexity index is 324. The highest BCUT2D eigenvalue weighted by atomic mass is 19.1. The number of ether oxygens (including phenoxy) is 1. The zero-order valence-electron chi connectivity index (χ0n) is 8.05. The SMILES string of the molecule is CCOc1c(F)cc(F)cc1[C@@H](C)O. The second kappa shape index (κ2) is 4.37. The van der Waals surface area contributed by atoms with Crippen molar-refractivity contribution in [2.45, 2.75) is 20.0 Å². The van der Waals surface area contributed by atoms with Gasteiger partial charge in [-0.3, -0.25) is 0 Å². The van der Waals surface area contributed by atoms with Crippen molar-refractivity contribution in [3.63, 3.8) is 0 Å². The predicted molar refractivity (Wildman–Crippen MR) is 48.2 cm³/mol. The molecule has 1 atom stereocenters. The Hall–Kier alpha value is -1.16. The predicted octanol–water partition coefficient (Wildman–Crippen LogP) is 2.42. The molecule has 4 heteroatoms. The van der Waals surface area contributed by atoms with Crippen molar-refractivity contribution in [3.8, 4) is 5.75 Å². The summed E-state index contributed by atoms with van der Waals surface area (Å²) in [5.74, 6) is -1.59. The Morgan fingerprint density at radius 1 is 1.43 bits per heavy atom. The Labute approximate surface area is 81.1 Å². The lowest BCUT2D eigenvalue weighted by Gasteiger charge is -2.13. The van der Waals surface area contributed by atoms with E-state index in [4.69, 9.17) is 4.74 Å². The topological polar surface area (TPSA) is 29.5 Å². The smallest absolute Gasteiger partial charge is 0.168 e. The molecule has 0 bridgehead atoms. The quantitative estimate of drug-likeness (QED) is 0.815. The van der Waals surface area contributed by atoms with Crippen molar-refractivity contribution in [1.82, 2.24) is 0 Å². The third-order valence-electron chi connectivity index (χ3n) is 1.78. The summed E-state index contributed by atoms with van der Waals surface area (Å²) in [6.45, 7) is 3.38. The van der Waals surface area contributed by atoms with Crippen LogP contribution in [0.25, 0.3) is 0 Å². The molecule has 0 unspecified atom stereocenters. The van der Waals surface area contributed by atoms with Crippen LogP contribution in [0, 0.1) is 11.6 Å². The molecule has 0 heterocycles. The molecule has 14 heavy (non-hydrogen) atoms. The van der Waals surface area contributed by atoms with Gasteiger partial charge in [0.05, 0.1) is 12.7 Å². The zero-order chi connectivity index (χ0) is 10.7. The molecule has 0 aliphatic heterocycles. The van der Waals surface area contributed by atoms with Crippen molar-refractivity contribution in [3.05, 3.63) is 29.3 Å². The van der Waals surface area contributed by atoms with Crippen LogP contribution in [0.15, 0.2) is 12.1 Å². The summed E-state index contributed by atoms with van der Waals surface area (Å²) in [6, 6.07) is 1.80. The highest BCUT2D eigenvalue weighted by Gasteiger charge is 2.15. The van der Waals surface area contributed by atoms with Crippen LogP contribution in [-0.2, 0) is 0 Å². The molecular weight excluding hydrogens is 190 g/mol. The summed E-state index contributed by atoms with van der Waals surface area (Å²) in [6.07, 6.45) is -0.957. The number of halogens is 2. The van der Waals surface area contributed by atoms with E-state index in [-0.39, 0.29) is 17.9 Å². The molecule has 0 amide bonds. The lowest BCUT2D eigenvalue weighted by atomic mass is 10.1. The summed E-state index contributed by atoms with van der Waals surface area (Å²) < 4.78 is 31.0. The Kier molecular flexibility index (Phi) is 3.41. The first kappa shape index (κ1) is 10.9. The Morgan fingerprint density at radius 2 is 2.07 bits per heavy atom. The van der Waals surface area contributed by atoms with E-state index in [1.165, 1.54) is 6.92 Å². The molecule has 1 aromatic rings. The second-order valence-corrected chi connectivity index (χ2v) is 2.91. The van der Waals surface area contributed by atoms with Crippen LogP contribution in [0.4, 0.5) is 8.78 Å². The first-order chi connectivity index (χ1) is 6.56. The molecule has 0 radical (unpaired) electrons. The zero-order valence-corrected chi connectivity index (χ0v) is 8.05. The molecule has 0 aliphatic carbocycles. The number of hydrogen-bond donors (Lipinski definition) is 1. The van der Waals surface area contributed by atoms with Crippen molar-refractivity contribution in [1.29, 1.82) is 0 Å². The van der Waals surface area contributed by atoms with Gasteiger partial charge < -0.3 is 9.84 Å². The summed E-state index contributed by atoms with van der Waals surface area (Å²) in [7, 11) is 0. The highest BCUT2D eigenvalue weighted by Crippen LogP contribution is 2.29. The van der Waals surface area contributed by atoms with E-state index < -0.39 is 17.7 Å². The monoisotopic (exact) mass is 202 g/mol. The van der Waals surface area contributed by atoms with Crippen molar-refractivity contribution in [2.24, 2.45) is 0 Å². The Balaban J connectivity index is 3.21. The Morgan fingerprint density at radius 3 is 2.57 bits per heavy atom. The maximum atomic E-state index is 13.2. The van der Waals surface area contributed by atoms with Gasteiger partial charge in [-0.15, -0.1) is 0 Å². The van der Waals surface area contributed by atoms with Gasteiger partial charge in [0.1, 0.15) is 5.82 Å². The molecule has 1 N–H and O–H groups in total. The van der Waals surface area contributed by atoms with Gasteiger partial charge in [0, 0.05) is 11.6 Å². The normalized spacial score (nSPS) is 12.6. The van der Waals surface area contributed by atoms with Gasteiger partial charge in [0.15, 0.2) is 11.6 Å². The van der Waals surface area contributed by atoms with E-state index in [0.717, 1.165) is 12.1 Å². The summed E-state index contributed by atoms with van der Waals surface area (Å²) in [5, 5.41) is 9.27. The van der Waals surface area contributed by atoms with Crippen LogP contribution < -0.4 is 4.74 Å². The maximum absolute atomic E-state index is 13.2. The minimum Gasteiger partial charge on any atom is -0.490 e. The molecule has 2 nitrogen and oxygen atoms in total. The van der Waals surface area contributed by atoms with E-state index >= 15 is 0 Å². The third-order valence-corrected chi connectivity index (χ3v) is 1.78. The fourth-order valence-electron chi connectivity index (χ4n) is 1.19. The molecule has 0 spiro atoms. The number of hydrogen-bond acceptors (Lipinski definition) is 2. The molecular formula is C10H12F2O2. The van der Waals surface area contributed by atoms with E-state index in [1.807, 2.05) is 0 Å². The summed E-state index contributed by atoms with van der Waals surface area (Å²) in [5.41, 5.74) is 0.129. The number of rotatable bonds is 3. The largest absolute Gasteiger partial charge is 0.490 e. The molecule has 0 aromatic heterocycles.